The first-order valence-corrected chi connectivity index (χ1v) is 7.13. The number of hydrogen-bond donors (Lipinski definition) is 2. The fourth-order valence-corrected chi connectivity index (χ4v) is 1.93. The molecular weight excluding hydrogens is 296 g/mol. The summed E-state index contributed by atoms with van der Waals surface area (Å²) in [5.74, 6) is 0.565. The summed E-state index contributed by atoms with van der Waals surface area (Å²) >= 11 is 0. The Bertz CT molecular complexity index is 663. The van der Waals surface area contributed by atoms with Gasteiger partial charge in [0.15, 0.2) is 0 Å². The highest BCUT2D eigenvalue weighted by molar-refractivity contribution is 5.92. The van der Waals surface area contributed by atoms with Crippen molar-refractivity contribution >= 4 is 17.9 Å². The largest absolute Gasteiger partial charge is 0.467 e. The van der Waals surface area contributed by atoms with Gasteiger partial charge in [-0.1, -0.05) is 0 Å². The number of furan rings is 1. The highest BCUT2D eigenvalue weighted by Crippen LogP contribution is 2.19. The average molecular weight is 316 g/mol. The molecule has 3 N–H and O–H groups in total. The van der Waals surface area contributed by atoms with Crippen molar-refractivity contribution in [3.63, 3.8) is 0 Å². The zero-order valence-electron chi connectivity index (χ0n) is 13.1. The maximum absolute atomic E-state index is 12.5. The highest BCUT2D eigenvalue weighted by Gasteiger charge is 2.29. The van der Waals surface area contributed by atoms with Gasteiger partial charge in [-0.15, -0.1) is 0 Å². The Hall–Kier alpha value is -2.67. The van der Waals surface area contributed by atoms with E-state index >= 15 is 0 Å². The Morgan fingerprint density at radius 2 is 2.13 bits per heavy atom. The Balaban J connectivity index is 2.17. The SMILES string of the molecule is CC(C)(CO)N(Cc1ccco1)C(=O)/C=C/c1cnc(N)nc1. The third kappa shape index (κ3) is 4.40. The number of nitrogen functional groups attached to an aromatic ring is 1. The summed E-state index contributed by atoms with van der Waals surface area (Å²) in [5, 5.41) is 9.58. The Morgan fingerprint density at radius 1 is 1.43 bits per heavy atom. The number of amides is 1. The molecule has 2 heterocycles. The Kier molecular flexibility index (Phi) is 5.13. The molecule has 0 atom stereocenters. The van der Waals surface area contributed by atoms with Crippen LogP contribution in [0, 0.1) is 0 Å². The molecule has 0 fully saturated rings. The summed E-state index contributed by atoms with van der Waals surface area (Å²) < 4.78 is 5.30. The summed E-state index contributed by atoms with van der Waals surface area (Å²) in [5.41, 5.74) is 5.35. The number of aromatic nitrogens is 2. The third-order valence-corrected chi connectivity index (χ3v) is 3.39. The van der Waals surface area contributed by atoms with Crippen LogP contribution >= 0.6 is 0 Å². The van der Waals surface area contributed by atoms with E-state index in [0.29, 0.717) is 11.3 Å². The smallest absolute Gasteiger partial charge is 0.247 e. The van der Waals surface area contributed by atoms with Crippen molar-refractivity contribution in [3.8, 4) is 0 Å². The summed E-state index contributed by atoms with van der Waals surface area (Å²) in [6, 6.07) is 3.54. The molecule has 0 aliphatic heterocycles. The van der Waals surface area contributed by atoms with Crippen molar-refractivity contribution in [1.82, 2.24) is 14.9 Å². The maximum atomic E-state index is 12.5. The van der Waals surface area contributed by atoms with Crippen molar-refractivity contribution in [2.45, 2.75) is 25.9 Å². The molecule has 0 radical (unpaired) electrons. The molecule has 7 nitrogen and oxygen atoms in total. The summed E-state index contributed by atoms with van der Waals surface area (Å²) in [4.78, 5) is 21.8. The lowest BCUT2D eigenvalue weighted by atomic mass is 10.0. The molecule has 1 amide bonds. The molecular formula is C16H20N4O3. The van der Waals surface area contributed by atoms with Gasteiger partial charge in [-0.2, -0.15) is 0 Å². The van der Waals surface area contributed by atoms with Crippen LogP contribution in [0.5, 0.6) is 0 Å². The minimum absolute atomic E-state index is 0.168. The minimum Gasteiger partial charge on any atom is -0.467 e. The van der Waals surface area contributed by atoms with E-state index in [-0.39, 0.29) is 25.0 Å². The van der Waals surface area contributed by atoms with E-state index in [2.05, 4.69) is 9.97 Å². The van der Waals surface area contributed by atoms with E-state index in [1.165, 1.54) is 18.5 Å². The lowest BCUT2D eigenvalue weighted by Crippen LogP contribution is -2.49. The second kappa shape index (κ2) is 7.06. The van der Waals surface area contributed by atoms with Crippen molar-refractivity contribution < 1.29 is 14.3 Å². The van der Waals surface area contributed by atoms with Crippen LogP contribution in [0.3, 0.4) is 0 Å². The molecule has 0 saturated heterocycles. The number of anilines is 1. The summed E-state index contributed by atoms with van der Waals surface area (Å²) in [6.07, 6.45) is 7.62. The van der Waals surface area contributed by atoms with E-state index in [1.807, 2.05) is 0 Å². The molecule has 7 heteroatoms. The number of nitrogens with zero attached hydrogens (tertiary/aromatic N) is 3. The first kappa shape index (κ1) is 16.7. The van der Waals surface area contributed by atoms with Crippen molar-refractivity contribution in [1.29, 1.82) is 0 Å². The molecule has 2 aromatic rings. The summed E-state index contributed by atoms with van der Waals surface area (Å²) in [6.45, 7) is 3.67. The van der Waals surface area contributed by atoms with Crippen LogP contribution in [0.25, 0.3) is 6.08 Å². The fourth-order valence-electron chi connectivity index (χ4n) is 1.93. The molecule has 23 heavy (non-hydrogen) atoms. The molecule has 0 aliphatic rings. The highest BCUT2D eigenvalue weighted by atomic mass is 16.3. The predicted octanol–water partition coefficient (Wildman–Crippen LogP) is 1.46. The number of hydrogen-bond acceptors (Lipinski definition) is 6. The molecule has 0 aromatic carbocycles. The van der Waals surface area contributed by atoms with Crippen molar-refractivity contribution in [3.05, 3.63) is 48.2 Å². The molecule has 2 aromatic heterocycles. The third-order valence-electron chi connectivity index (χ3n) is 3.39. The quantitative estimate of drug-likeness (QED) is 0.782. The van der Waals surface area contributed by atoms with Gasteiger partial charge in [-0.05, 0) is 32.1 Å². The zero-order chi connectivity index (χ0) is 16.9. The van der Waals surface area contributed by atoms with Gasteiger partial charge in [-0.3, -0.25) is 4.79 Å². The number of aliphatic hydroxyl groups is 1. The molecule has 122 valence electrons. The zero-order valence-corrected chi connectivity index (χ0v) is 13.1. The number of aliphatic hydroxyl groups excluding tert-OH is 1. The Labute approximate surface area is 134 Å². The van der Waals surface area contributed by atoms with E-state index in [9.17, 15) is 9.90 Å². The number of carbonyl (C=O) groups excluding carboxylic acids is 1. The summed E-state index contributed by atoms with van der Waals surface area (Å²) in [7, 11) is 0. The first-order valence-electron chi connectivity index (χ1n) is 7.13. The number of rotatable bonds is 6. The van der Waals surface area contributed by atoms with Gasteiger partial charge in [0.05, 0.1) is 25.0 Å². The lowest BCUT2D eigenvalue weighted by molar-refractivity contribution is -0.133. The molecule has 0 aliphatic carbocycles. The van der Waals surface area contributed by atoms with E-state index < -0.39 is 5.54 Å². The van der Waals surface area contributed by atoms with Crippen LogP contribution in [0.2, 0.25) is 0 Å². The number of nitrogens with two attached hydrogens (primary N) is 1. The first-order chi connectivity index (χ1) is 10.9. The van der Waals surface area contributed by atoms with E-state index in [1.54, 1.807) is 43.2 Å². The minimum atomic E-state index is -0.730. The van der Waals surface area contributed by atoms with Crippen LogP contribution in [0.4, 0.5) is 5.95 Å². The molecule has 0 saturated carbocycles. The lowest BCUT2D eigenvalue weighted by Gasteiger charge is -2.36. The molecule has 2 rings (SSSR count). The van der Waals surface area contributed by atoms with Gasteiger partial charge in [0, 0.05) is 24.0 Å². The van der Waals surface area contributed by atoms with Gasteiger partial charge >= 0.3 is 0 Å². The van der Waals surface area contributed by atoms with Gasteiger partial charge in [0.2, 0.25) is 11.9 Å². The van der Waals surface area contributed by atoms with Gasteiger partial charge < -0.3 is 20.2 Å². The maximum Gasteiger partial charge on any atom is 0.247 e. The standard InChI is InChI=1S/C16H20N4O3/c1-16(2,11-21)20(10-13-4-3-7-23-13)14(22)6-5-12-8-18-15(17)19-9-12/h3-9,21H,10-11H2,1-2H3,(H2,17,18,19)/b6-5+. The second-order valence-electron chi connectivity index (χ2n) is 5.68. The van der Waals surface area contributed by atoms with Crippen LogP contribution in [-0.4, -0.2) is 38.0 Å². The molecule has 0 bridgehead atoms. The monoisotopic (exact) mass is 316 g/mol. The van der Waals surface area contributed by atoms with Crippen LogP contribution in [0.1, 0.15) is 25.2 Å². The van der Waals surface area contributed by atoms with Crippen molar-refractivity contribution in [2.24, 2.45) is 0 Å². The van der Waals surface area contributed by atoms with Gasteiger partial charge in [-0.25, -0.2) is 9.97 Å². The topological polar surface area (TPSA) is 105 Å². The predicted molar refractivity (Wildman–Crippen MR) is 85.9 cm³/mol. The van der Waals surface area contributed by atoms with Crippen LogP contribution in [-0.2, 0) is 11.3 Å². The fraction of sp³-hybridized carbons (Fsp3) is 0.312. The van der Waals surface area contributed by atoms with E-state index in [0.717, 1.165) is 0 Å². The second-order valence-corrected chi connectivity index (χ2v) is 5.68. The normalized spacial score (nSPS) is 11.8. The average Bonchev–Trinajstić information content (AvgIpc) is 3.05. The van der Waals surface area contributed by atoms with Gasteiger partial charge in [0.1, 0.15) is 5.76 Å². The number of carbonyl (C=O) groups is 1. The Morgan fingerprint density at radius 3 is 2.70 bits per heavy atom. The van der Waals surface area contributed by atoms with Gasteiger partial charge in [0.25, 0.3) is 0 Å². The van der Waals surface area contributed by atoms with Crippen LogP contribution < -0.4 is 5.73 Å². The van der Waals surface area contributed by atoms with E-state index in [4.69, 9.17) is 10.2 Å². The molecule has 0 spiro atoms. The van der Waals surface area contributed by atoms with Crippen LogP contribution in [0.15, 0.2) is 41.3 Å². The molecule has 0 unspecified atom stereocenters. The van der Waals surface area contributed by atoms with Crippen molar-refractivity contribution in [2.75, 3.05) is 12.3 Å².